The monoisotopic (exact) mass is 1030 g/mol. The number of nitrogens with zero attached hydrogens (tertiary/aromatic N) is 4. The molecule has 5 heteroatoms. The van der Waals surface area contributed by atoms with Crippen molar-refractivity contribution in [2.45, 2.75) is 105 Å². The maximum absolute atomic E-state index is 5.01. The van der Waals surface area contributed by atoms with Crippen LogP contribution in [-0.4, -0.2) is 19.9 Å². The summed E-state index contributed by atoms with van der Waals surface area (Å²) in [6, 6.07) is 56.1. The SMILES string of the molecule is CC(C)(C)c1ccc(-c2cc(-c3c[c-]c(-c4ccc(-c5nc(-c6ccc(C(C)(C)C)cc6)nc(-c6ccc(C(C)(C)C)cc6)n5)cn4)cc3)cc(-c3ccc(C(C)(C)C)cc3)c2)cc1.[Ir]. The first-order valence-corrected chi connectivity index (χ1v) is 22.5. The van der Waals surface area contributed by atoms with Crippen LogP contribution in [0, 0.1) is 6.07 Å². The van der Waals surface area contributed by atoms with Crippen molar-refractivity contribution in [1.29, 1.82) is 0 Å². The van der Waals surface area contributed by atoms with Crippen molar-refractivity contribution in [2.24, 2.45) is 0 Å². The van der Waals surface area contributed by atoms with Gasteiger partial charge in [-0.05, 0) is 77.9 Å². The van der Waals surface area contributed by atoms with Crippen LogP contribution in [0.25, 0.3) is 78.8 Å². The molecule has 0 bridgehead atoms. The number of aromatic nitrogens is 4. The molecule has 8 aromatic rings. The number of rotatable bonds is 7. The third-order valence-electron chi connectivity index (χ3n) is 12.2. The van der Waals surface area contributed by atoms with Gasteiger partial charge in [-0.2, -0.15) is 0 Å². The number of benzene rings is 6. The molecule has 0 aliphatic heterocycles. The molecule has 4 nitrogen and oxygen atoms in total. The van der Waals surface area contributed by atoms with Crippen LogP contribution in [0.2, 0.25) is 0 Å². The van der Waals surface area contributed by atoms with Gasteiger partial charge in [-0.1, -0.05) is 216 Å². The third-order valence-corrected chi connectivity index (χ3v) is 12.2. The summed E-state index contributed by atoms with van der Waals surface area (Å²) < 4.78 is 0. The Labute approximate surface area is 401 Å². The van der Waals surface area contributed by atoms with Crippen molar-refractivity contribution in [2.75, 3.05) is 0 Å². The Morgan fingerprint density at radius 1 is 0.323 bits per heavy atom. The first kappa shape index (κ1) is 47.1. The summed E-state index contributed by atoms with van der Waals surface area (Å²) in [7, 11) is 0. The van der Waals surface area contributed by atoms with Gasteiger partial charge in [0.15, 0.2) is 17.5 Å². The molecule has 0 N–H and O–H groups in total. The standard InChI is InChI=1S/C60H61N4.Ir/c1-57(2,3)49-26-17-40(18-27-49)47-35-46(36-48(37-47)41-19-28-50(29-20-41)58(4,5)6)39-13-15-42(16-14-39)53-34-25-45(38-61-53)56-63-54(43-21-30-51(31-22-43)59(7,8)9)62-55(64-56)44-23-32-52(33-24-44)60(10,11)12;/h13-15,17-38H,1-12H3;/q-1;. The Morgan fingerprint density at radius 3 is 0.938 bits per heavy atom. The smallest absolute Gasteiger partial charge is 0.165 e. The molecular weight excluding hydrogens is 969 g/mol. The zero-order valence-corrected chi connectivity index (χ0v) is 42.5. The summed E-state index contributed by atoms with van der Waals surface area (Å²) in [5, 5.41) is 0. The van der Waals surface area contributed by atoms with Crippen molar-refractivity contribution in [3.05, 3.63) is 180 Å². The second-order valence-electron chi connectivity index (χ2n) is 21.3. The quantitative estimate of drug-likeness (QED) is 0.149. The Bertz CT molecular complexity index is 2530. The predicted octanol–water partition coefficient (Wildman–Crippen LogP) is 15.9. The van der Waals surface area contributed by atoms with E-state index in [2.05, 4.69) is 223 Å². The summed E-state index contributed by atoms with van der Waals surface area (Å²) >= 11 is 0. The van der Waals surface area contributed by atoms with Gasteiger partial charge in [0.25, 0.3) is 0 Å². The molecule has 331 valence electrons. The Morgan fingerprint density at radius 2 is 0.631 bits per heavy atom. The van der Waals surface area contributed by atoms with E-state index in [-0.39, 0.29) is 41.8 Å². The largest absolute Gasteiger partial charge is 0.304 e. The Kier molecular flexibility index (Phi) is 13.2. The summed E-state index contributed by atoms with van der Waals surface area (Å²) in [6.07, 6.45) is 1.86. The van der Waals surface area contributed by atoms with Crippen LogP contribution in [-0.2, 0) is 41.8 Å². The number of pyridine rings is 1. The normalized spacial score (nSPS) is 12.2. The molecule has 8 rings (SSSR count). The van der Waals surface area contributed by atoms with Crippen LogP contribution in [0.4, 0.5) is 0 Å². The molecule has 65 heavy (non-hydrogen) atoms. The van der Waals surface area contributed by atoms with E-state index in [0.29, 0.717) is 17.5 Å². The van der Waals surface area contributed by atoms with Gasteiger partial charge < -0.3 is 4.98 Å². The average molecular weight is 1030 g/mol. The summed E-state index contributed by atoms with van der Waals surface area (Å²) in [5.74, 6) is 1.84. The van der Waals surface area contributed by atoms with E-state index in [4.69, 9.17) is 19.9 Å². The average Bonchev–Trinajstić information content (AvgIpc) is 3.28. The topological polar surface area (TPSA) is 51.6 Å². The molecule has 0 aliphatic carbocycles. The number of hydrogen-bond donors (Lipinski definition) is 0. The molecule has 1 radical (unpaired) electrons. The predicted molar refractivity (Wildman–Crippen MR) is 269 cm³/mol. The first-order chi connectivity index (χ1) is 30.2. The summed E-state index contributed by atoms with van der Waals surface area (Å²) in [5.41, 5.74) is 16.9. The Hall–Kier alpha value is -5.87. The molecule has 0 saturated carbocycles. The van der Waals surface area contributed by atoms with E-state index < -0.39 is 0 Å². The summed E-state index contributed by atoms with van der Waals surface area (Å²) in [6.45, 7) is 26.9. The molecule has 6 aromatic carbocycles. The van der Waals surface area contributed by atoms with E-state index in [9.17, 15) is 0 Å². The third kappa shape index (κ3) is 10.8. The van der Waals surface area contributed by atoms with Crippen LogP contribution in [0.15, 0.2) is 152 Å². The minimum atomic E-state index is 0. The first-order valence-electron chi connectivity index (χ1n) is 22.5. The molecule has 0 unspecified atom stereocenters. The molecule has 0 aliphatic rings. The van der Waals surface area contributed by atoms with Crippen LogP contribution in [0.5, 0.6) is 0 Å². The second kappa shape index (κ2) is 18.2. The fourth-order valence-corrected chi connectivity index (χ4v) is 7.90. The molecule has 2 aromatic heterocycles. The Balaban J connectivity index is 0.00000630. The van der Waals surface area contributed by atoms with Gasteiger partial charge >= 0.3 is 0 Å². The fraction of sp³-hybridized carbons (Fsp3) is 0.267. The van der Waals surface area contributed by atoms with Gasteiger partial charge in [-0.15, -0.1) is 29.8 Å². The van der Waals surface area contributed by atoms with E-state index in [1.54, 1.807) is 0 Å². The zero-order valence-electron chi connectivity index (χ0n) is 40.1. The van der Waals surface area contributed by atoms with E-state index in [1.165, 1.54) is 44.5 Å². The molecule has 0 amide bonds. The van der Waals surface area contributed by atoms with Gasteiger partial charge in [-0.3, -0.25) is 0 Å². The van der Waals surface area contributed by atoms with Gasteiger partial charge in [0.2, 0.25) is 0 Å². The summed E-state index contributed by atoms with van der Waals surface area (Å²) in [4.78, 5) is 20.0. The number of hydrogen-bond acceptors (Lipinski definition) is 4. The van der Waals surface area contributed by atoms with Gasteiger partial charge in [-0.25, -0.2) is 15.0 Å². The van der Waals surface area contributed by atoms with Gasteiger partial charge in [0.05, 0.1) is 0 Å². The fourth-order valence-electron chi connectivity index (χ4n) is 7.90. The van der Waals surface area contributed by atoms with Crippen LogP contribution in [0.3, 0.4) is 0 Å². The molecule has 0 fully saturated rings. The minimum Gasteiger partial charge on any atom is -0.304 e. The maximum Gasteiger partial charge on any atom is 0.165 e. The molecule has 0 saturated heterocycles. The van der Waals surface area contributed by atoms with Crippen LogP contribution >= 0.6 is 0 Å². The van der Waals surface area contributed by atoms with E-state index >= 15 is 0 Å². The van der Waals surface area contributed by atoms with E-state index in [1.807, 2.05) is 18.3 Å². The van der Waals surface area contributed by atoms with Crippen molar-refractivity contribution in [3.63, 3.8) is 0 Å². The van der Waals surface area contributed by atoms with Crippen LogP contribution in [0.1, 0.15) is 105 Å². The second-order valence-corrected chi connectivity index (χ2v) is 21.3. The van der Waals surface area contributed by atoms with Crippen molar-refractivity contribution >= 4 is 0 Å². The van der Waals surface area contributed by atoms with Crippen molar-refractivity contribution in [1.82, 2.24) is 19.9 Å². The van der Waals surface area contributed by atoms with Crippen molar-refractivity contribution in [3.8, 4) is 78.8 Å². The molecule has 0 atom stereocenters. The van der Waals surface area contributed by atoms with Gasteiger partial charge in [0.1, 0.15) is 0 Å². The maximum atomic E-state index is 5.01. The molecular formula is C60H61IrN4-. The van der Waals surface area contributed by atoms with Crippen LogP contribution < -0.4 is 0 Å². The van der Waals surface area contributed by atoms with Gasteiger partial charge in [0, 0.05) is 43.0 Å². The van der Waals surface area contributed by atoms with Crippen molar-refractivity contribution < 1.29 is 20.1 Å². The van der Waals surface area contributed by atoms with E-state index in [0.717, 1.165) is 39.1 Å². The minimum absolute atomic E-state index is 0. The zero-order chi connectivity index (χ0) is 45.6. The molecule has 2 heterocycles. The molecule has 0 spiro atoms.